The second kappa shape index (κ2) is 5.11. The van der Waals surface area contributed by atoms with E-state index in [-0.39, 0.29) is 17.7 Å². The van der Waals surface area contributed by atoms with Crippen molar-refractivity contribution in [2.75, 3.05) is 13.2 Å². The van der Waals surface area contributed by atoms with Gasteiger partial charge in [-0.3, -0.25) is 0 Å². The lowest BCUT2D eigenvalue weighted by molar-refractivity contribution is -0.160. The average molecular weight is 290 g/mol. The lowest BCUT2D eigenvalue weighted by Crippen LogP contribution is -2.66. The van der Waals surface area contributed by atoms with E-state index in [9.17, 15) is 10.2 Å². The first-order valence-electron chi connectivity index (χ1n) is 7.02. The summed E-state index contributed by atoms with van der Waals surface area (Å²) in [4.78, 5) is 0. The summed E-state index contributed by atoms with van der Waals surface area (Å²) in [6.45, 7) is 14.9. The van der Waals surface area contributed by atoms with Crippen molar-refractivity contribution in [1.82, 2.24) is 0 Å². The second-order valence-corrected chi connectivity index (χ2v) is 13.2. The molecule has 0 radical (unpaired) electrons. The minimum Gasteiger partial charge on any atom is -0.396 e. The van der Waals surface area contributed by atoms with Gasteiger partial charge in [-0.25, -0.2) is 0 Å². The fourth-order valence-electron chi connectivity index (χ4n) is 2.62. The average Bonchev–Trinajstić information content (AvgIpc) is 2.57. The van der Waals surface area contributed by atoms with Crippen molar-refractivity contribution in [2.24, 2.45) is 0 Å². The van der Waals surface area contributed by atoms with E-state index in [0.29, 0.717) is 13.0 Å². The summed E-state index contributed by atoms with van der Waals surface area (Å²) < 4.78 is 11.5. The van der Waals surface area contributed by atoms with Gasteiger partial charge in [0.25, 0.3) is 0 Å². The van der Waals surface area contributed by atoms with Gasteiger partial charge in [0.15, 0.2) is 5.79 Å². The van der Waals surface area contributed by atoms with E-state index < -0.39 is 19.1 Å². The maximum absolute atomic E-state index is 11.3. The van der Waals surface area contributed by atoms with Crippen molar-refractivity contribution in [1.29, 1.82) is 0 Å². The Morgan fingerprint density at radius 2 is 1.79 bits per heavy atom. The normalized spacial score (nSPS) is 27.3. The quantitative estimate of drug-likeness (QED) is 0.780. The van der Waals surface area contributed by atoms with E-state index in [1.165, 1.54) is 0 Å². The molecule has 0 aromatic heterocycles. The van der Waals surface area contributed by atoms with Gasteiger partial charge in [-0.15, -0.1) is 0 Å². The first-order chi connectivity index (χ1) is 8.37. The highest BCUT2D eigenvalue weighted by Crippen LogP contribution is 2.47. The van der Waals surface area contributed by atoms with Gasteiger partial charge in [-0.1, -0.05) is 33.9 Å². The number of hydrogen-bond acceptors (Lipinski definition) is 4. The molecule has 1 saturated heterocycles. The molecule has 1 rings (SSSR count). The Hall–Kier alpha value is 0.0569. The van der Waals surface area contributed by atoms with E-state index >= 15 is 0 Å². The Labute approximate surface area is 118 Å². The molecule has 0 aliphatic carbocycles. The number of rotatable bonds is 4. The molecule has 1 heterocycles. The topological polar surface area (TPSA) is 58.9 Å². The molecule has 5 heteroatoms. The largest absolute Gasteiger partial charge is 0.396 e. The van der Waals surface area contributed by atoms with Crippen molar-refractivity contribution >= 4 is 8.07 Å². The Morgan fingerprint density at radius 3 is 2.11 bits per heavy atom. The monoisotopic (exact) mass is 290 g/mol. The van der Waals surface area contributed by atoms with Crippen molar-refractivity contribution in [3.05, 3.63) is 0 Å². The lowest BCUT2D eigenvalue weighted by atomic mass is 10.1. The number of ether oxygens (including phenoxy) is 2. The predicted octanol–water partition coefficient (Wildman–Crippen LogP) is 2.30. The highest BCUT2D eigenvalue weighted by molar-refractivity contribution is 6.83. The van der Waals surface area contributed by atoms with Crippen LogP contribution < -0.4 is 0 Å². The third-order valence-electron chi connectivity index (χ3n) is 4.99. The molecule has 1 aliphatic heterocycles. The van der Waals surface area contributed by atoms with Gasteiger partial charge in [0.1, 0.15) is 6.10 Å². The highest BCUT2D eigenvalue weighted by atomic mass is 28.3. The molecule has 1 aliphatic rings. The molecule has 114 valence electrons. The summed E-state index contributed by atoms with van der Waals surface area (Å²) in [5.74, 6) is -0.656. The molecule has 0 unspecified atom stereocenters. The summed E-state index contributed by atoms with van der Waals surface area (Å²) in [5, 5.41) is 19.7. The highest BCUT2D eigenvalue weighted by Gasteiger charge is 2.59. The van der Waals surface area contributed by atoms with E-state index in [1.807, 2.05) is 13.8 Å². The Morgan fingerprint density at radius 1 is 1.26 bits per heavy atom. The number of aliphatic hydroxyl groups is 2. The van der Waals surface area contributed by atoms with Crippen LogP contribution in [0.3, 0.4) is 0 Å². The summed E-state index contributed by atoms with van der Waals surface area (Å²) in [6.07, 6.45) is -0.0244. The van der Waals surface area contributed by atoms with Gasteiger partial charge >= 0.3 is 0 Å². The first-order valence-corrected chi connectivity index (χ1v) is 10.0. The molecular weight excluding hydrogens is 260 g/mol. The van der Waals surface area contributed by atoms with Gasteiger partial charge < -0.3 is 19.7 Å². The van der Waals surface area contributed by atoms with Gasteiger partial charge in [-0.05, 0) is 25.3 Å². The van der Waals surface area contributed by atoms with Crippen LogP contribution >= 0.6 is 0 Å². The number of aliphatic hydroxyl groups excluding tert-OH is 1. The SMILES string of the molecule is CC1(C)OC[C@H]([C@](O)(CCO)[Si](C)(C)C(C)(C)C)O1. The van der Waals surface area contributed by atoms with Crippen molar-refractivity contribution in [3.63, 3.8) is 0 Å². The Balaban J connectivity index is 3.11. The zero-order valence-corrected chi connectivity index (χ0v) is 14.4. The zero-order valence-electron chi connectivity index (χ0n) is 13.4. The summed E-state index contributed by atoms with van der Waals surface area (Å²) in [7, 11) is -2.12. The Bertz CT molecular complexity index is 322. The molecule has 19 heavy (non-hydrogen) atoms. The Kier molecular flexibility index (Phi) is 4.60. The van der Waals surface area contributed by atoms with Crippen molar-refractivity contribution < 1.29 is 19.7 Å². The van der Waals surface area contributed by atoms with Crippen LogP contribution in [0.1, 0.15) is 41.0 Å². The number of hydrogen-bond donors (Lipinski definition) is 2. The van der Waals surface area contributed by atoms with E-state index in [1.54, 1.807) is 0 Å². The van der Waals surface area contributed by atoms with Gasteiger partial charge in [0.05, 0.1) is 19.9 Å². The zero-order chi connectivity index (χ0) is 15.1. The van der Waals surface area contributed by atoms with Crippen LogP contribution in [0.4, 0.5) is 0 Å². The molecule has 0 spiro atoms. The molecule has 0 aromatic rings. The predicted molar refractivity (Wildman–Crippen MR) is 78.8 cm³/mol. The molecule has 0 aromatic carbocycles. The van der Waals surface area contributed by atoms with Gasteiger partial charge in [0.2, 0.25) is 0 Å². The van der Waals surface area contributed by atoms with E-state index in [2.05, 4.69) is 33.9 Å². The minimum atomic E-state index is -2.12. The van der Waals surface area contributed by atoms with Crippen LogP contribution in [-0.4, -0.2) is 48.6 Å². The van der Waals surface area contributed by atoms with Crippen molar-refractivity contribution in [2.45, 2.75) is 76.3 Å². The molecule has 2 N–H and O–H groups in total. The van der Waals surface area contributed by atoms with E-state index in [0.717, 1.165) is 0 Å². The fourth-order valence-corrected chi connectivity index (χ4v) is 5.60. The van der Waals surface area contributed by atoms with E-state index in [4.69, 9.17) is 9.47 Å². The molecule has 1 fully saturated rings. The van der Waals surface area contributed by atoms with Crippen molar-refractivity contribution in [3.8, 4) is 0 Å². The third-order valence-corrected chi connectivity index (χ3v) is 11.5. The second-order valence-electron chi connectivity index (χ2n) is 7.59. The summed E-state index contributed by atoms with van der Waals surface area (Å²) in [6, 6.07) is 0. The fraction of sp³-hybridized carbons (Fsp3) is 1.00. The first kappa shape index (κ1) is 17.1. The maximum atomic E-state index is 11.3. The summed E-state index contributed by atoms with van der Waals surface area (Å²) in [5.41, 5.74) is 0. The molecule has 0 bridgehead atoms. The van der Waals surface area contributed by atoms with Crippen LogP contribution in [0.5, 0.6) is 0 Å². The van der Waals surface area contributed by atoms with Crippen LogP contribution in [0.25, 0.3) is 0 Å². The molecule has 2 atom stereocenters. The van der Waals surface area contributed by atoms with Crippen LogP contribution in [0.2, 0.25) is 18.1 Å². The minimum absolute atomic E-state index is 0.00696. The summed E-state index contributed by atoms with van der Waals surface area (Å²) >= 11 is 0. The van der Waals surface area contributed by atoms with Crippen LogP contribution in [0, 0.1) is 0 Å². The maximum Gasteiger partial charge on any atom is 0.163 e. The van der Waals surface area contributed by atoms with Crippen LogP contribution in [-0.2, 0) is 9.47 Å². The smallest absolute Gasteiger partial charge is 0.163 e. The molecule has 0 saturated carbocycles. The molecule has 0 amide bonds. The van der Waals surface area contributed by atoms with Gasteiger partial charge in [-0.2, -0.15) is 0 Å². The van der Waals surface area contributed by atoms with Crippen LogP contribution in [0.15, 0.2) is 0 Å². The third kappa shape index (κ3) is 3.05. The standard InChI is InChI=1S/C14H30O4Si/c1-12(2,3)19(6,7)14(16,8-9-15)11-10-17-13(4,5)18-11/h11,15-16H,8-10H2,1-7H3/t11-,14+/m1/s1. The molecule has 4 nitrogen and oxygen atoms in total. The van der Waals surface area contributed by atoms with Gasteiger partial charge in [0, 0.05) is 6.61 Å². The molecular formula is C14H30O4Si. The lowest BCUT2D eigenvalue weighted by Gasteiger charge is -2.51.